The van der Waals surface area contributed by atoms with E-state index in [4.69, 9.17) is 5.11 Å². The van der Waals surface area contributed by atoms with Crippen molar-refractivity contribution >= 4 is 29.1 Å². The summed E-state index contributed by atoms with van der Waals surface area (Å²) in [6, 6.07) is 6.21. The minimum atomic E-state index is -2.87. The van der Waals surface area contributed by atoms with Gasteiger partial charge in [-0.15, -0.1) is 11.3 Å². The van der Waals surface area contributed by atoms with Crippen LogP contribution < -0.4 is 4.74 Å². The van der Waals surface area contributed by atoms with E-state index in [1.165, 1.54) is 23.5 Å². The first-order chi connectivity index (χ1) is 9.54. The summed E-state index contributed by atoms with van der Waals surface area (Å²) in [6.45, 7) is -2.87. The van der Waals surface area contributed by atoms with Crippen molar-refractivity contribution in [2.45, 2.75) is 11.0 Å². The predicted octanol–water partition coefficient (Wildman–Crippen LogP) is 3.59. The molecule has 2 aromatic rings. The maximum absolute atomic E-state index is 12.1. The van der Waals surface area contributed by atoms with Crippen LogP contribution in [0.4, 0.5) is 8.78 Å². The number of rotatable bonds is 6. The lowest BCUT2D eigenvalue weighted by Crippen LogP contribution is -2.01. The number of carboxylic acids is 1. The number of thiazole rings is 1. The standard InChI is InChI=1S/C12H9F2NO3S2/c13-11(14)18-8-3-1-2-7(4-8)9-5-19-12(15-9)20-6-10(16)17/h1-5,11H,6H2,(H,16,17). The number of alkyl halides is 2. The molecule has 0 aliphatic carbocycles. The molecular formula is C12H9F2NO3S2. The Hall–Kier alpha value is -1.67. The highest BCUT2D eigenvalue weighted by Crippen LogP contribution is 2.30. The van der Waals surface area contributed by atoms with E-state index < -0.39 is 12.6 Å². The van der Waals surface area contributed by atoms with Crippen molar-refractivity contribution in [3.8, 4) is 17.0 Å². The van der Waals surface area contributed by atoms with E-state index in [1.807, 2.05) is 0 Å². The number of benzene rings is 1. The van der Waals surface area contributed by atoms with Crippen molar-refractivity contribution in [3.63, 3.8) is 0 Å². The molecule has 4 nitrogen and oxygen atoms in total. The largest absolute Gasteiger partial charge is 0.481 e. The van der Waals surface area contributed by atoms with Gasteiger partial charge in [0.25, 0.3) is 0 Å². The Morgan fingerprint density at radius 3 is 3.00 bits per heavy atom. The first-order valence-electron chi connectivity index (χ1n) is 5.40. The van der Waals surface area contributed by atoms with Crippen LogP contribution >= 0.6 is 23.1 Å². The zero-order valence-corrected chi connectivity index (χ0v) is 11.6. The molecule has 20 heavy (non-hydrogen) atoms. The second kappa shape index (κ2) is 6.67. The Balaban J connectivity index is 2.13. The molecule has 0 saturated heterocycles. The van der Waals surface area contributed by atoms with Gasteiger partial charge in [0.05, 0.1) is 11.4 Å². The summed E-state index contributed by atoms with van der Waals surface area (Å²) in [4.78, 5) is 14.7. The Bertz CT molecular complexity index is 604. The number of aromatic nitrogens is 1. The smallest absolute Gasteiger partial charge is 0.387 e. The normalized spacial score (nSPS) is 10.8. The summed E-state index contributed by atoms with van der Waals surface area (Å²) in [6.07, 6.45) is 0. The summed E-state index contributed by atoms with van der Waals surface area (Å²) in [7, 11) is 0. The third kappa shape index (κ3) is 4.17. The van der Waals surface area contributed by atoms with Gasteiger partial charge in [-0.1, -0.05) is 23.9 Å². The fourth-order valence-corrected chi connectivity index (χ4v) is 2.97. The minimum Gasteiger partial charge on any atom is -0.481 e. The highest BCUT2D eigenvalue weighted by molar-refractivity contribution is 8.01. The van der Waals surface area contributed by atoms with Gasteiger partial charge in [0.1, 0.15) is 5.75 Å². The molecule has 106 valence electrons. The van der Waals surface area contributed by atoms with Gasteiger partial charge in [-0.3, -0.25) is 4.79 Å². The van der Waals surface area contributed by atoms with Crippen LogP contribution in [-0.4, -0.2) is 28.4 Å². The fraction of sp³-hybridized carbons (Fsp3) is 0.167. The molecule has 0 aliphatic rings. The number of hydrogen-bond acceptors (Lipinski definition) is 5. The molecule has 8 heteroatoms. The molecule has 1 heterocycles. The van der Waals surface area contributed by atoms with Gasteiger partial charge in [-0.2, -0.15) is 8.78 Å². The average Bonchev–Trinajstić information content (AvgIpc) is 2.84. The van der Waals surface area contributed by atoms with Crippen LogP contribution in [-0.2, 0) is 4.79 Å². The number of thioether (sulfide) groups is 1. The van der Waals surface area contributed by atoms with Crippen LogP contribution in [0.2, 0.25) is 0 Å². The van der Waals surface area contributed by atoms with Crippen molar-refractivity contribution in [2.24, 2.45) is 0 Å². The average molecular weight is 317 g/mol. The van der Waals surface area contributed by atoms with Crippen LogP contribution in [0.1, 0.15) is 0 Å². The molecule has 0 fully saturated rings. The van der Waals surface area contributed by atoms with E-state index in [1.54, 1.807) is 17.5 Å². The molecule has 0 amide bonds. The van der Waals surface area contributed by atoms with E-state index in [-0.39, 0.29) is 11.5 Å². The molecule has 0 atom stereocenters. The first kappa shape index (κ1) is 14.7. The van der Waals surface area contributed by atoms with Crippen molar-refractivity contribution in [2.75, 3.05) is 5.75 Å². The lowest BCUT2D eigenvalue weighted by atomic mass is 10.2. The van der Waals surface area contributed by atoms with Crippen molar-refractivity contribution in [3.05, 3.63) is 29.6 Å². The zero-order valence-electron chi connectivity index (χ0n) is 9.95. The maximum atomic E-state index is 12.1. The summed E-state index contributed by atoms with van der Waals surface area (Å²) >= 11 is 2.42. The fourth-order valence-electron chi connectivity index (χ4n) is 1.41. The van der Waals surface area contributed by atoms with Crippen LogP contribution in [0.25, 0.3) is 11.3 Å². The minimum absolute atomic E-state index is 0.0604. The molecule has 0 bridgehead atoms. The Kier molecular flexibility index (Phi) is 4.91. The highest BCUT2D eigenvalue weighted by Gasteiger charge is 2.09. The van der Waals surface area contributed by atoms with Crippen molar-refractivity contribution < 1.29 is 23.4 Å². The number of hydrogen-bond donors (Lipinski definition) is 1. The summed E-state index contributed by atoms with van der Waals surface area (Å²) in [5.41, 5.74) is 1.24. The van der Waals surface area contributed by atoms with Crippen LogP contribution in [0.3, 0.4) is 0 Å². The quantitative estimate of drug-likeness (QED) is 0.825. The Labute approximate surface area is 121 Å². The highest BCUT2D eigenvalue weighted by atomic mass is 32.2. The van der Waals surface area contributed by atoms with Crippen LogP contribution in [0.15, 0.2) is 34.0 Å². The van der Waals surface area contributed by atoms with Gasteiger partial charge in [-0.25, -0.2) is 4.98 Å². The summed E-state index contributed by atoms with van der Waals surface area (Å²) in [5, 5.41) is 10.3. The van der Waals surface area contributed by atoms with Gasteiger partial charge in [0, 0.05) is 10.9 Å². The lowest BCUT2D eigenvalue weighted by Gasteiger charge is -2.05. The lowest BCUT2D eigenvalue weighted by molar-refractivity contribution is -0.133. The first-order valence-corrected chi connectivity index (χ1v) is 7.26. The predicted molar refractivity (Wildman–Crippen MR) is 72.5 cm³/mol. The van der Waals surface area contributed by atoms with Crippen molar-refractivity contribution in [1.29, 1.82) is 0 Å². The van der Waals surface area contributed by atoms with E-state index in [9.17, 15) is 13.6 Å². The SMILES string of the molecule is O=C(O)CSc1nc(-c2cccc(OC(F)F)c2)cs1. The van der Waals surface area contributed by atoms with Gasteiger partial charge in [0.2, 0.25) is 0 Å². The molecule has 2 rings (SSSR count). The number of carboxylic acid groups (broad SMARTS) is 1. The van der Waals surface area contributed by atoms with E-state index in [2.05, 4.69) is 9.72 Å². The molecule has 1 aromatic carbocycles. The monoisotopic (exact) mass is 317 g/mol. The Morgan fingerprint density at radius 1 is 1.50 bits per heavy atom. The topological polar surface area (TPSA) is 59.4 Å². The maximum Gasteiger partial charge on any atom is 0.387 e. The molecule has 1 aromatic heterocycles. The molecule has 0 unspecified atom stereocenters. The number of halogens is 2. The van der Waals surface area contributed by atoms with Gasteiger partial charge >= 0.3 is 12.6 Å². The molecule has 0 radical (unpaired) electrons. The number of carbonyl (C=O) groups is 1. The van der Waals surface area contributed by atoms with Gasteiger partial charge < -0.3 is 9.84 Å². The number of nitrogens with zero attached hydrogens (tertiary/aromatic N) is 1. The molecule has 0 saturated carbocycles. The Morgan fingerprint density at radius 2 is 2.30 bits per heavy atom. The van der Waals surface area contributed by atoms with Crippen LogP contribution in [0, 0.1) is 0 Å². The summed E-state index contributed by atoms with van der Waals surface area (Å²) < 4.78 is 29.2. The van der Waals surface area contributed by atoms with Crippen molar-refractivity contribution in [1.82, 2.24) is 4.98 Å². The van der Waals surface area contributed by atoms with Gasteiger partial charge in [-0.05, 0) is 12.1 Å². The van der Waals surface area contributed by atoms with Crippen LogP contribution in [0.5, 0.6) is 5.75 Å². The summed E-state index contributed by atoms with van der Waals surface area (Å²) in [5.74, 6) is -0.925. The molecular weight excluding hydrogens is 308 g/mol. The second-order valence-electron chi connectivity index (χ2n) is 3.59. The second-order valence-corrected chi connectivity index (χ2v) is 5.67. The third-order valence-electron chi connectivity index (χ3n) is 2.16. The molecule has 0 aliphatic heterocycles. The molecule has 0 spiro atoms. The molecule has 1 N–H and O–H groups in total. The van der Waals surface area contributed by atoms with E-state index >= 15 is 0 Å². The van der Waals surface area contributed by atoms with E-state index in [0.29, 0.717) is 15.6 Å². The van der Waals surface area contributed by atoms with E-state index in [0.717, 1.165) is 11.8 Å². The third-order valence-corrected chi connectivity index (χ3v) is 4.16. The zero-order chi connectivity index (χ0) is 14.5. The number of ether oxygens (including phenoxy) is 1. The van der Waals surface area contributed by atoms with Gasteiger partial charge in [0.15, 0.2) is 4.34 Å². The number of aliphatic carboxylic acids is 1.